The van der Waals surface area contributed by atoms with Crippen molar-refractivity contribution in [1.29, 1.82) is 0 Å². The van der Waals surface area contributed by atoms with E-state index in [0.717, 1.165) is 6.26 Å². The average molecular weight is 395 g/mol. The van der Waals surface area contributed by atoms with Crippen LogP contribution in [-0.2, 0) is 19.6 Å². The first-order chi connectivity index (χ1) is 11.3. The maximum Gasteiger partial charge on any atom is 0.232 e. The van der Waals surface area contributed by atoms with E-state index in [9.17, 15) is 13.2 Å². The molecular weight excluding hydrogens is 375 g/mol. The molecule has 1 N–H and O–H groups in total. The van der Waals surface area contributed by atoms with Crippen molar-refractivity contribution < 1.29 is 17.9 Å². The zero-order valence-electron chi connectivity index (χ0n) is 13.3. The van der Waals surface area contributed by atoms with Gasteiger partial charge < -0.3 is 10.1 Å². The molecule has 0 radical (unpaired) electrons. The second-order valence-electron chi connectivity index (χ2n) is 5.61. The normalized spacial score (nSPS) is 16.0. The maximum atomic E-state index is 12.1. The summed E-state index contributed by atoms with van der Waals surface area (Å²) in [6.07, 6.45) is 2.48. The predicted octanol–water partition coefficient (Wildman–Crippen LogP) is 2.30. The van der Waals surface area contributed by atoms with Crippen LogP contribution < -0.4 is 9.62 Å². The zero-order chi connectivity index (χ0) is 17.7. The molecule has 0 spiro atoms. The van der Waals surface area contributed by atoms with Gasteiger partial charge in [0, 0.05) is 25.7 Å². The standard InChI is InChI=1S/C15H20Cl2N2O4S/c1-24(21,22)19(12-2-3-13(16)14(17)10-12)7-6-18-15(20)11-4-8-23-9-5-11/h2-3,10-11H,4-9H2,1H3,(H,18,20). The van der Waals surface area contributed by atoms with Gasteiger partial charge in [-0.05, 0) is 31.0 Å². The minimum absolute atomic E-state index is 0.0686. The van der Waals surface area contributed by atoms with Crippen molar-refractivity contribution in [2.75, 3.05) is 36.9 Å². The molecule has 6 nitrogen and oxygen atoms in total. The fraction of sp³-hybridized carbons (Fsp3) is 0.533. The number of carbonyl (C=O) groups excluding carboxylic acids is 1. The number of benzene rings is 1. The number of hydrogen-bond donors (Lipinski definition) is 1. The molecular formula is C15H20Cl2N2O4S. The maximum absolute atomic E-state index is 12.1. The van der Waals surface area contributed by atoms with Gasteiger partial charge in [-0.25, -0.2) is 8.42 Å². The Hall–Kier alpha value is -1.02. The number of anilines is 1. The van der Waals surface area contributed by atoms with Crippen LogP contribution >= 0.6 is 23.2 Å². The largest absolute Gasteiger partial charge is 0.381 e. The number of nitrogens with one attached hydrogen (secondary N) is 1. The van der Waals surface area contributed by atoms with Crippen molar-refractivity contribution in [3.05, 3.63) is 28.2 Å². The molecule has 1 aromatic carbocycles. The van der Waals surface area contributed by atoms with Crippen molar-refractivity contribution in [3.63, 3.8) is 0 Å². The monoisotopic (exact) mass is 394 g/mol. The lowest BCUT2D eigenvalue weighted by Crippen LogP contribution is -2.41. The molecule has 1 aliphatic heterocycles. The van der Waals surface area contributed by atoms with Crippen LogP contribution in [0, 0.1) is 5.92 Å². The Morgan fingerprint density at radius 2 is 1.96 bits per heavy atom. The molecule has 9 heteroatoms. The van der Waals surface area contributed by atoms with Crippen LogP contribution in [0.3, 0.4) is 0 Å². The van der Waals surface area contributed by atoms with Crippen LogP contribution in [0.1, 0.15) is 12.8 Å². The molecule has 1 aromatic rings. The molecule has 0 saturated carbocycles. The summed E-state index contributed by atoms with van der Waals surface area (Å²) in [7, 11) is -3.51. The Bertz CT molecular complexity index is 691. The summed E-state index contributed by atoms with van der Waals surface area (Å²) in [5.74, 6) is -0.142. The molecule has 1 fully saturated rings. The number of rotatable bonds is 6. The summed E-state index contributed by atoms with van der Waals surface area (Å²) >= 11 is 11.8. The molecule has 24 heavy (non-hydrogen) atoms. The van der Waals surface area contributed by atoms with E-state index in [4.69, 9.17) is 27.9 Å². The Morgan fingerprint density at radius 3 is 2.54 bits per heavy atom. The lowest BCUT2D eigenvalue weighted by molar-refractivity contribution is -0.127. The molecule has 0 atom stereocenters. The highest BCUT2D eigenvalue weighted by Gasteiger charge is 2.22. The number of nitrogens with zero attached hydrogens (tertiary/aromatic N) is 1. The minimum Gasteiger partial charge on any atom is -0.381 e. The van der Waals surface area contributed by atoms with E-state index in [0.29, 0.717) is 36.8 Å². The summed E-state index contributed by atoms with van der Waals surface area (Å²) in [6.45, 7) is 1.49. The van der Waals surface area contributed by atoms with Gasteiger partial charge in [-0.2, -0.15) is 0 Å². The molecule has 2 rings (SSSR count). The molecule has 1 saturated heterocycles. The fourth-order valence-corrected chi connectivity index (χ4v) is 3.72. The van der Waals surface area contributed by atoms with E-state index in [1.165, 1.54) is 16.4 Å². The van der Waals surface area contributed by atoms with Gasteiger partial charge in [0.15, 0.2) is 0 Å². The Labute approximate surface area is 152 Å². The molecule has 134 valence electrons. The molecule has 0 unspecified atom stereocenters. The Balaban J connectivity index is 1.99. The molecule has 0 aliphatic carbocycles. The van der Waals surface area contributed by atoms with Crippen molar-refractivity contribution in [2.45, 2.75) is 12.8 Å². The van der Waals surface area contributed by atoms with Gasteiger partial charge >= 0.3 is 0 Å². The summed E-state index contributed by atoms with van der Waals surface area (Å²) in [4.78, 5) is 12.1. The van der Waals surface area contributed by atoms with Gasteiger partial charge in [-0.15, -0.1) is 0 Å². The lowest BCUT2D eigenvalue weighted by atomic mass is 9.99. The van der Waals surface area contributed by atoms with Gasteiger partial charge in [0.1, 0.15) is 0 Å². The van der Waals surface area contributed by atoms with E-state index in [-0.39, 0.29) is 29.9 Å². The van der Waals surface area contributed by atoms with E-state index in [1.54, 1.807) is 6.07 Å². The third-order valence-electron chi connectivity index (χ3n) is 3.80. The third kappa shape index (κ3) is 5.24. The number of ether oxygens (including phenoxy) is 1. The van der Waals surface area contributed by atoms with Crippen molar-refractivity contribution in [3.8, 4) is 0 Å². The highest BCUT2D eigenvalue weighted by atomic mass is 35.5. The predicted molar refractivity (Wildman–Crippen MR) is 95.2 cm³/mol. The van der Waals surface area contributed by atoms with Crippen LogP contribution in [0.2, 0.25) is 10.0 Å². The van der Waals surface area contributed by atoms with Crippen LogP contribution in [0.4, 0.5) is 5.69 Å². The third-order valence-corrected chi connectivity index (χ3v) is 5.73. The molecule has 1 amide bonds. The fourth-order valence-electron chi connectivity index (χ4n) is 2.51. The van der Waals surface area contributed by atoms with Gasteiger partial charge in [0.2, 0.25) is 15.9 Å². The topological polar surface area (TPSA) is 75.7 Å². The molecule has 1 aliphatic rings. The first-order valence-corrected chi connectivity index (χ1v) is 10.2. The number of amides is 1. The smallest absolute Gasteiger partial charge is 0.232 e. The molecule has 0 aromatic heterocycles. The number of sulfonamides is 1. The summed E-state index contributed by atoms with van der Waals surface area (Å²) in [5, 5.41) is 3.41. The van der Waals surface area contributed by atoms with Gasteiger partial charge in [-0.1, -0.05) is 23.2 Å². The van der Waals surface area contributed by atoms with Gasteiger partial charge in [0.05, 0.1) is 28.5 Å². The van der Waals surface area contributed by atoms with Crippen LogP contribution in [0.25, 0.3) is 0 Å². The van der Waals surface area contributed by atoms with Crippen LogP contribution in [0.15, 0.2) is 18.2 Å². The van der Waals surface area contributed by atoms with E-state index >= 15 is 0 Å². The summed E-state index contributed by atoms with van der Waals surface area (Å²) < 4.78 is 30.5. The highest BCUT2D eigenvalue weighted by molar-refractivity contribution is 7.92. The first kappa shape index (κ1) is 19.3. The Morgan fingerprint density at radius 1 is 1.29 bits per heavy atom. The Kier molecular flexibility index (Phi) is 6.74. The van der Waals surface area contributed by atoms with E-state index in [2.05, 4.69) is 5.32 Å². The lowest BCUT2D eigenvalue weighted by Gasteiger charge is -2.24. The number of halogens is 2. The van der Waals surface area contributed by atoms with Crippen molar-refractivity contribution >= 4 is 44.8 Å². The summed E-state index contributed by atoms with van der Waals surface area (Å²) in [5.41, 5.74) is 0.409. The van der Waals surface area contributed by atoms with E-state index in [1.807, 2.05) is 0 Å². The zero-order valence-corrected chi connectivity index (χ0v) is 15.6. The van der Waals surface area contributed by atoms with Crippen molar-refractivity contribution in [2.24, 2.45) is 5.92 Å². The SMILES string of the molecule is CS(=O)(=O)N(CCNC(=O)C1CCOCC1)c1ccc(Cl)c(Cl)c1. The highest BCUT2D eigenvalue weighted by Crippen LogP contribution is 2.28. The number of hydrogen-bond acceptors (Lipinski definition) is 4. The molecule has 0 bridgehead atoms. The van der Waals surface area contributed by atoms with Gasteiger partial charge in [0.25, 0.3) is 0 Å². The first-order valence-electron chi connectivity index (χ1n) is 7.57. The number of carbonyl (C=O) groups is 1. The second-order valence-corrected chi connectivity index (χ2v) is 8.33. The summed E-state index contributed by atoms with van der Waals surface area (Å²) in [6, 6.07) is 4.61. The average Bonchev–Trinajstić information content (AvgIpc) is 2.54. The van der Waals surface area contributed by atoms with E-state index < -0.39 is 10.0 Å². The second kappa shape index (κ2) is 8.38. The van der Waals surface area contributed by atoms with Crippen LogP contribution in [0.5, 0.6) is 0 Å². The quantitative estimate of drug-likeness (QED) is 0.802. The minimum atomic E-state index is -3.51. The molecule has 1 heterocycles. The van der Waals surface area contributed by atoms with Crippen molar-refractivity contribution in [1.82, 2.24) is 5.32 Å². The van der Waals surface area contributed by atoms with Gasteiger partial charge in [-0.3, -0.25) is 9.10 Å². The van der Waals surface area contributed by atoms with Crippen LogP contribution in [-0.4, -0.2) is 46.9 Å².